The van der Waals surface area contributed by atoms with Gasteiger partial charge in [-0.2, -0.15) is 0 Å². The fourth-order valence-corrected chi connectivity index (χ4v) is 2.58. The van der Waals surface area contributed by atoms with Gasteiger partial charge in [0.1, 0.15) is 0 Å². The van der Waals surface area contributed by atoms with Crippen LogP contribution in [-0.4, -0.2) is 4.57 Å². The highest BCUT2D eigenvalue weighted by Crippen LogP contribution is 2.17. The van der Waals surface area contributed by atoms with Crippen molar-refractivity contribution in [3.05, 3.63) is 36.5 Å². The van der Waals surface area contributed by atoms with Crippen LogP contribution in [-0.2, 0) is 6.54 Å². The molecular weight excluding hydrogens is 206 g/mol. The number of nitrogens with zero attached hydrogens (tertiary/aromatic N) is 1. The van der Waals surface area contributed by atoms with Gasteiger partial charge in [0.2, 0.25) is 0 Å². The normalized spacial score (nSPS) is 13.1. The molecule has 0 N–H and O–H groups in total. The lowest BCUT2D eigenvalue weighted by Gasteiger charge is -2.10. The number of fused-ring (bicyclic) bond motifs is 1. The number of rotatable bonds is 6. The molecule has 0 bridgehead atoms. The predicted octanol–water partition coefficient (Wildman–Crippen LogP) is 4.86. The zero-order chi connectivity index (χ0) is 12.1. The third kappa shape index (κ3) is 3.12. The van der Waals surface area contributed by atoms with Crippen molar-refractivity contribution >= 4 is 10.9 Å². The van der Waals surface area contributed by atoms with Crippen LogP contribution in [0.25, 0.3) is 10.9 Å². The Balaban J connectivity index is 1.91. The van der Waals surface area contributed by atoms with E-state index in [0.717, 1.165) is 12.5 Å². The monoisotopic (exact) mass is 229 g/mol. The van der Waals surface area contributed by atoms with Crippen molar-refractivity contribution in [2.45, 2.75) is 46.1 Å². The molecule has 1 unspecified atom stereocenters. The molecule has 0 fully saturated rings. The molecule has 0 saturated heterocycles. The van der Waals surface area contributed by atoms with E-state index in [1.807, 2.05) is 0 Å². The molecule has 2 aromatic rings. The minimum Gasteiger partial charge on any atom is -0.347 e. The first-order valence-electron chi connectivity index (χ1n) is 6.85. The van der Waals surface area contributed by atoms with Crippen LogP contribution in [0.3, 0.4) is 0 Å². The lowest BCUT2D eigenvalue weighted by Crippen LogP contribution is -2.00. The quantitative estimate of drug-likeness (QED) is 0.666. The van der Waals surface area contributed by atoms with E-state index < -0.39 is 0 Å². The van der Waals surface area contributed by atoms with Gasteiger partial charge in [-0.1, -0.05) is 44.9 Å². The number of hydrogen-bond donors (Lipinski definition) is 0. The van der Waals surface area contributed by atoms with E-state index in [0.29, 0.717) is 0 Å². The van der Waals surface area contributed by atoms with Gasteiger partial charge in [-0.15, -0.1) is 0 Å². The molecule has 1 heterocycles. The van der Waals surface area contributed by atoms with Crippen molar-refractivity contribution in [2.75, 3.05) is 0 Å². The SMILES string of the molecule is CCCC(C)CCCn1ccc2ccccc21. The molecule has 0 aliphatic heterocycles. The summed E-state index contributed by atoms with van der Waals surface area (Å²) in [7, 11) is 0. The van der Waals surface area contributed by atoms with Gasteiger partial charge in [0.05, 0.1) is 0 Å². The van der Waals surface area contributed by atoms with Crippen molar-refractivity contribution in [3.63, 3.8) is 0 Å². The second-order valence-electron chi connectivity index (χ2n) is 5.10. The number of para-hydroxylation sites is 1. The van der Waals surface area contributed by atoms with Gasteiger partial charge < -0.3 is 4.57 Å². The summed E-state index contributed by atoms with van der Waals surface area (Å²) in [6.07, 6.45) is 7.54. The zero-order valence-electron chi connectivity index (χ0n) is 11.0. The summed E-state index contributed by atoms with van der Waals surface area (Å²) < 4.78 is 2.38. The Bertz CT molecular complexity index is 455. The Morgan fingerprint density at radius 3 is 2.76 bits per heavy atom. The molecular formula is C16H23N. The number of aryl methyl sites for hydroxylation is 1. The van der Waals surface area contributed by atoms with Gasteiger partial charge in [0, 0.05) is 18.3 Å². The summed E-state index contributed by atoms with van der Waals surface area (Å²) in [5.74, 6) is 0.877. The average Bonchev–Trinajstić information content (AvgIpc) is 2.73. The second-order valence-corrected chi connectivity index (χ2v) is 5.10. The first kappa shape index (κ1) is 12.2. The fraction of sp³-hybridized carbons (Fsp3) is 0.500. The van der Waals surface area contributed by atoms with Crippen LogP contribution < -0.4 is 0 Å². The van der Waals surface area contributed by atoms with Gasteiger partial charge in [0.25, 0.3) is 0 Å². The molecule has 1 aromatic heterocycles. The molecule has 1 heteroatoms. The molecule has 0 radical (unpaired) electrons. The Morgan fingerprint density at radius 2 is 1.94 bits per heavy atom. The molecule has 0 aliphatic carbocycles. The Kier molecular flexibility index (Phi) is 4.24. The highest BCUT2D eigenvalue weighted by Gasteiger charge is 2.02. The van der Waals surface area contributed by atoms with Crippen LogP contribution in [0.15, 0.2) is 36.5 Å². The minimum atomic E-state index is 0.877. The highest BCUT2D eigenvalue weighted by molar-refractivity contribution is 5.79. The van der Waals surface area contributed by atoms with Crippen LogP contribution >= 0.6 is 0 Å². The number of benzene rings is 1. The molecule has 0 saturated carbocycles. The van der Waals surface area contributed by atoms with E-state index >= 15 is 0 Å². The maximum absolute atomic E-state index is 2.38. The van der Waals surface area contributed by atoms with E-state index in [4.69, 9.17) is 0 Å². The van der Waals surface area contributed by atoms with E-state index in [1.54, 1.807) is 0 Å². The standard InChI is InChI=1S/C16H23N/c1-3-7-14(2)8-6-12-17-13-11-15-9-4-5-10-16(15)17/h4-5,9-11,13-14H,3,6-8,12H2,1-2H3. The molecule has 1 nitrogen and oxygen atoms in total. The van der Waals surface area contributed by atoms with Crippen molar-refractivity contribution in [3.8, 4) is 0 Å². The Morgan fingerprint density at radius 1 is 1.12 bits per heavy atom. The molecule has 0 spiro atoms. The molecule has 17 heavy (non-hydrogen) atoms. The average molecular weight is 229 g/mol. The second kappa shape index (κ2) is 5.90. The lowest BCUT2D eigenvalue weighted by molar-refractivity contribution is 0.451. The third-order valence-electron chi connectivity index (χ3n) is 3.56. The van der Waals surface area contributed by atoms with Crippen LogP contribution in [0.2, 0.25) is 0 Å². The van der Waals surface area contributed by atoms with Gasteiger partial charge in [-0.25, -0.2) is 0 Å². The van der Waals surface area contributed by atoms with Gasteiger partial charge in [0.15, 0.2) is 0 Å². The van der Waals surface area contributed by atoms with E-state index in [-0.39, 0.29) is 0 Å². The molecule has 1 aromatic carbocycles. The molecule has 2 rings (SSSR count). The number of aromatic nitrogens is 1. The Labute approximate surface area is 104 Å². The molecule has 1 atom stereocenters. The largest absolute Gasteiger partial charge is 0.347 e. The maximum atomic E-state index is 2.38. The van der Waals surface area contributed by atoms with Crippen molar-refractivity contribution in [1.29, 1.82) is 0 Å². The highest BCUT2D eigenvalue weighted by atomic mass is 14.9. The third-order valence-corrected chi connectivity index (χ3v) is 3.56. The molecule has 0 amide bonds. The molecule has 92 valence electrons. The van der Waals surface area contributed by atoms with E-state index in [1.165, 1.54) is 36.6 Å². The summed E-state index contributed by atoms with van der Waals surface area (Å²) in [4.78, 5) is 0. The van der Waals surface area contributed by atoms with E-state index in [2.05, 4.69) is 54.9 Å². The first-order valence-corrected chi connectivity index (χ1v) is 6.85. The van der Waals surface area contributed by atoms with Gasteiger partial charge in [-0.3, -0.25) is 0 Å². The predicted molar refractivity (Wildman–Crippen MR) is 75.2 cm³/mol. The first-order chi connectivity index (χ1) is 8.31. The van der Waals surface area contributed by atoms with Crippen LogP contribution in [0.5, 0.6) is 0 Å². The number of hydrogen-bond acceptors (Lipinski definition) is 0. The van der Waals surface area contributed by atoms with Crippen molar-refractivity contribution < 1.29 is 0 Å². The topological polar surface area (TPSA) is 4.93 Å². The summed E-state index contributed by atoms with van der Waals surface area (Å²) in [5, 5.41) is 1.36. The minimum absolute atomic E-state index is 0.877. The van der Waals surface area contributed by atoms with Crippen LogP contribution in [0, 0.1) is 5.92 Å². The van der Waals surface area contributed by atoms with Crippen molar-refractivity contribution in [1.82, 2.24) is 4.57 Å². The summed E-state index contributed by atoms with van der Waals surface area (Å²) in [5.41, 5.74) is 1.37. The van der Waals surface area contributed by atoms with E-state index in [9.17, 15) is 0 Å². The summed E-state index contributed by atoms with van der Waals surface area (Å²) in [6.45, 7) is 5.80. The smallest absolute Gasteiger partial charge is 0.0480 e. The maximum Gasteiger partial charge on any atom is 0.0480 e. The Hall–Kier alpha value is -1.24. The zero-order valence-corrected chi connectivity index (χ0v) is 11.0. The van der Waals surface area contributed by atoms with Gasteiger partial charge >= 0.3 is 0 Å². The fourth-order valence-electron chi connectivity index (χ4n) is 2.58. The summed E-state index contributed by atoms with van der Waals surface area (Å²) >= 11 is 0. The van der Waals surface area contributed by atoms with Gasteiger partial charge in [-0.05, 0) is 36.3 Å². The van der Waals surface area contributed by atoms with Crippen molar-refractivity contribution in [2.24, 2.45) is 5.92 Å². The summed E-state index contributed by atoms with van der Waals surface area (Å²) in [6, 6.07) is 10.8. The van der Waals surface area contributed by atoms with Crippen LogP contribution in [0.1, 0.15) is 39.5 Å². The lowest BCUT2D eigenvalue weighted by atomic mass is 10.0. The van der Waals surface area contributed by atoms with Crippen LogP contribution in [0.4, 0.5) is 0 Å². The molecule has 0 aliphatic rings.